The van der Waals surface area contributed by atoms with Crippen LogP contribution in [0.3, 0.4) is 0 Å². The number of amides is 1. The molecule has 0 bridgehead atoms. The van der Waals surface area contributed by atoms with Crippen molar-refractivity contribution in [2.45, 2.75) is 43.6 Å². The van der Waals surface area contributed by atoms with Gasteiger partial charge in [0.1, 0.15) is 6.54 Å². The molecule has 0 spiro atoms. The van der Waals surface area contributed by atoms with Crippen LogP contribution in [0.1, 0.15) is 30.9 Å². The normalized spacial score (nSPS) is 14.9. The standard InChI is InChI=1S/C18H26N2O6S/c1-13(18(22)19-9-10-25-2)26-17(21)12-20-27(23,24)16-8-7-14-5-3-4-6-15(14)11-16/h7-8,11,13,20H,3-6,9-10,12H2,1-2H3,(H,19,22)/t13-/m0/s1. The summed E-state index contributed by atoms with van der Waals surface area (Å²) in [4.78, 5) is 23.7. The molecule has 0 heterocycles. The summed E-state index contributed by atoms with van der Waals surface area (Å²) < 4.78 is 36.8. The Balaban J connectivity index is 1.87. The molecule has 0 aromatic heterocycles. The molecular weight excluding hydrogens is 372 g/mol. The average Bonchev–Trinajstić information content (AvgIpc) is 2.66. The molecule has 0 aliphatic heterocycles. The molecule has 0 saturated heterocycles. The van der Waals surface area contributed by atoms with Crippen LogP contribution in [-0.2, 0) is 41.9 Å². The predicted octanol–water partition coefficient (Wildman–Crippen LogP) is 0.538. The molecule has 2 N–H and O–H groups in total. The Hall–Kier alpha value is -1.97. The van der Waals surface area contributed by atoms with Crippen molar-refractivity contribution >= 4 is 21.9 Å². The highest BCUT2D eigenvalue weighted by Crippen LogP contribution is 2.23. The lowest BCUT2D eigenvalue weighted by molar-refractivity contribution is -0.153. The van der Waals surface area contributed by atoms with Crippen molar-refractivity contribution in [1.29, 1.82) is 0 Å². The number of ether oxygens (including phenoxy) is 2. The Morgan fingerprint density at radius 1 is 1.19 bits per heavy atom. The summed E-state index contributed by atoms with van der Waals surface area (Å²) >= 11 is 0. The molecule has 1 aliphatic carbocycles. The lowest BCUT2D eigenvalue weighted by Crippen LogP contribution is -2.39. The first kappa shape index (κ1) is 21.3. The maximum Gasteiger partial charge on any atom is 0.321 e. The van der Waals surface area contributed by atoms with Crippen LogP contribution in [-0.4, -0.2) is 53.2 Å². The number of nitrogens with one attached hydrogen (secondary N) is 2. The molecule has 9 heteroatoms. The summed E-state index contributed by atoms with van der Waals surface area (Å²) in [6.45, 7) is 1.50. The van der Waals surface area contributed by atoms with Crippen LogP contribution in [0, 0.1) is 0 Å². The number of sulfonamides is 1. The fourth-order valence-corrected chi connectivity index (χ4v) is 3.85. The minimum Gasteiger partial charge on any atom is -0.452 e. The van der Waals surface area contributed by atoms with E-state index in [1.807, 2.05) is 6.07 Å². The molecule has 0 radical (unpaired) electrons. The fourth-order valence-electron chi connectivity index (χ4n) is 2.83. The predicted molar refractivity (Wildman–Crippen MR) is 98.7 cm³/mol. The maximum absolute atomic E-state index is 12.4. The summed E-state index contributed by atoms with van der Waals surface area (Å²) in [5.41, 5.74) is 2.21. The number of rotatable bonds is 9. The van der Waals surface area contributed by atoms with E-state index in [4.69, 9.17) is 9.47 Å². The number of benzene rings is 1. The van der Waals surface area contributed by atoms with Crippen LogP contribution >= 0.6 is 0 Å². The fraction of sp³-hybridized carbons (Fsp3) is 0.556. The molecule has 1 aromatic rings. The number of hydrogen-bond donors (Lipinski definition) is 2. The van der Waals surface area contributed by atoms with Gasteiger partial charge >= 0.3 is 5.97 Å². The Morgan fingerprint density at radius 2 is 1.89 bits per heavy atom. The van der Waals surface area contributed by atoms with Gasteiger partial charge < -0.3 is 14.8 Å². The summed E-state index contributed by atoms with van der Waals surface area (Å²) in [5, 5.41) is 2.54. The van der Waals surface area contributed by atoms with E-state index in [0.717, 1.165) is 31.2 Å². The maximum atomic E-state index is 12.4. The highest BCUT2D eigenvalue weighted by Gasteiger charge is 2.21. The van der Waals surface area contributed by atoms with E-state index in [0.29, 0.717) is 13.2 Å². The van der Waals surface area contributed by atoms with Gasteiger partial charge in [0.15, 0.2) is 6.10 Å². The molecule has 0 saturated carbocycles. The number of hydrogen-bond acceptors (Lipinski definition) is 6. The third-order valence-corrected chi connectivity index (χ3v) is 5.72. The smallest absolute Gasteiger partial charge is 0.321 e. The second kappa shape index (κ2) is 9.82. The van der Waals surface area contributed by atoms with Gasteiger partial charge in [-0.2, -0.15) is 4.72 Å². The van der Waals surface area contributed by atoms with Crippen molar-refractivity contribution in [3.63, 3.8) is 0 Å². The van der Waals surface area contributed by atoms with Crippen molar-refractivity contribution in [1.82, 2.24) is 10.0 Å². The van der Waals surface area contributed by atoms with Crippen LogP contribution in [0.5, 0.6) is 0 Å². The van der Waals surface area contributed by atoms with Crippen molar-refractivity contribution in [2.75, 3.05) is 26.8 Å². The summed E-state index contributed by atoms with van der Waals surface area (Å²) in [5.74, 6) is -1.30. The molecule has 1 amide bonds. The van der Waals surface area contributed by atoms with Gasteiger partial charge in [-0.1, -0.05) is 6.07 Å². The van der Waals surface area contributed by atoms with Crippen LogP contribution in [0.25, 0.3) is 0 Å². The number of methoxy groups -OCH3 is 1. The Kier molecular flexibility index (Phi) is 7.76. The molecule has 2 rings (SSSR count). The highest BCUT2D eigenvalue weighted by atomic mass is 32.2. The number of carbonyl (C=O) groups excluding carboxylic acids is 2. The first-order chi connectivity index (χ1) is 12.8. The monoisotopic (exact) mass is 398 g/mol. The average molecular weight is 398 g/mol. The van der Waals surface area contributed by atoms with Crippen LogP contribution in [0.15, 0.2) is 23.1 Å². The molecule has 1 atom stereocenters. The van der Waals surface area contributed by atoms with Gasteiger partial charge in [-0.05, 0) is 55.9 Å². The van der Waals surface area contributed by atoms with E-state index in [2.05, 4.69) is 10.0 Å². The topological polar surface area (TPSA) is 111 Å². The van der Waals surface area contributed by atoms with E-state index in [1.54, 1.807) is 12.1 Å². The van der Waals surface area contributed by atoms with Gasteiger partial charge in [-0.15, -0.1) is 0 Å². The quantitative estimate of drug-likeness (QED) is 0.464. The second-order valence-electron chi connectivity index (χ2n) is 6.38. The molecule has 0 fully saturated rings. The first-order valence-electron chi connectivity index (χ1n) is 8.91. The summed E-state index contributed by atoms with van der Waals surface area (Å²) in [6, 6.07) is 5.03. The molecule has 27 heavy (non-hydrogen) atoms. The summed E-state index contributed by atoms with van der Waals surface area (Å²) in [6.07, 6.45) is 2.94. The zero-order valence-electron chi connectivity index (χ0n) is 15.6. The van der Waals surface area contributed by atoms with Crippen molar-refractivity contribution < 1.29 is 27.5 Å². The van der Waals surface area contributed by atoms with Crippen molar-refractivity contribution in [3.8, 4) is 0 Å². The van der Waals surface area contributed by atoms with Gasteiger partial charge in [-0.25, -0.2) is 8.42 Å². The van der Waals surface area contributed by atoms with E-state index in [1.165, 1.54) is 19.6 Å². The Bertz CT molecular complexity index is 778. The summed E-state index contributed by atoms with van der Waals surface area (Å²) in [7, 11) is -2.33. The molecule has 1 aliphatic rings. The van der Waals surface area contributed by atoms with Gasteiger partial charge in [0, 0.05) is 13.7 Å². The number of esters is 1. The number of aryl methyl sites for hydroxylation is 2. The lowest BCUT2D eigenvalue weighted by Gasteiger charge is -2.17. The van der Waals surface area contributed by atoms with Crippen LogP contribution < -0.4 is 10.0 Å². The van der Waals surface area contributed by atoms with Gasteiger partial charge in [0.25, 0.3) is 5.91 Å². The lowest BCUT2D eigenvalue weighted by atomic mass is 9.92. The molecule has 150 valence electrons. The Labute approximate surface area is 159 Å². The second-order valence-corrected chi connectivity index (χ2v) is 8.15. The SMILES string of the molecule is COCCNC(=O)[C@H](C)OC(=O)CNS(=O)(=O)c1ccc2c(c1)CCCC2. The minimum absolute atomic E-state index is 0.126. The highest BCUT2D eigenvalue weighted by molar-refractivity contribution is 7.89. The van der Waals surface area contributed by atoms with E-state index in [9.17, 15) is 18.0 Å². The molecule has 8 nitrogen and oxygen atoms in total. The van der Waals surface area contributed by atoms with Gasteiger partial charge in [0.05, 0.1) is 11.5 Å². The van der Waals surface area contributed by atoms with Gasteiger partial charge in [-0.3, -0.25) is 9.59 Å². The minimum atomic E-state index is -3.83. The van der Waals surface area contributed by atoms with E-state index in [-0.39, 0.29) is 4.90 Å². The molecular formula is C18H26N2O6S. The molecule has 1 aromatic carbocycles. The largest absolute Gasteiger partial charge is 0.452 e. The van der Waals surface area contributed by atoms with E-state index < -0.39 is 34.5 Å². The number of fused-ring (bicyclic) bond motifs is 1. The van der Waals surface area contributed by atoms with Crippen molar-refractivity contribution in [2.24, 2.45) is 0 Å². The van der Waals surface area contributed by atoms with Crippen LogP contribution in [0.2, 0.25) is 0 Å². The number of carbonyl (C=O) groups is 2. The third-order valence-electron chi connectivity index (χ3n) is 4.32. The van der Waals surface area contributed by atoms with Crippen LogP contribution in [0.4, 0.5) is 0 Å². The zero-order chi connectivity index (χ0) is 19.9. The van der Waals surface area contributed by atoms with Gasteiger partial charge in [0.2, 0.25) is 10.0 Å². The Morgan fingerprint density at radius 3 is 2.59 bits per heavy atom. The zero-order valence-corrected chi connectivity index (χ0v) is 16.4. The van der Waals surface area contributed by atoms with Crippen molar-refractivity contribution in [3.05, 3.63) is 29.3 Å². The first-order valence-corrected chi connectivity index (χ1v) is 10.4. The van der Waals surface area contributed by atoms with E-state index >= 15 is 0 Å². The third kappa shape index (κ3) is 6.30. The molecule has 0 unspecified atom stereocenters.